The summed E-state index contributed by atoms with van der Waals surface area (Å²) < 4.78 is 1.85. The van der Waals surface area contributed by atoms with Crippen LogP contribution in [0.15, 0.2) is 24.3 Å². The van der Waals surface area contributed by atoms with Crippen LogP contribution in [0.25, 0.3) is 5.69 Å². The highest BCUT2D eigenvalue weighted by Crippen LogP contribution is 2.28. The van der Waals surface area contributed by atoms with Gasteiger partial charge in [0, 0.05) is 18.3 Å². The molecule has 1 heterocycles. The molecule has 0 radical (unpaired) electrons. The summed E-state index contributed by atoms with van der Waals surface area (Å²) in [6, 6.07) is 7.14. The number of hydrogen-bond donors (Lipinski definition) is 1. The lowest BCUT2D eigenvalue weighted by Crippen LogP contribution is -2.40. The molecule has 0 saturated heterocycles. The van der Waals surface area contributed by atoms with Crippen molar-refractivity contribution in [1.82, 2.24) is 14.7 Å². The Bertz CT molecular complexity index is 808. The number of hydrogen-bond acceptors (Lipinski definition) is 3. The molecule has 1 aliphatic rings. The van der Waals surface area contributed by atoms with Crippen LogP contribution in [0, 0.1) is 6.92 Å². The normalized spacial score (nSPS) is 14.7. The molecule has 1 N–H and O–H groups in total. The van der Waals surface area contributed by atoms with Crippen LogP contribution in [0.3, 0.4) is 0 Å². The van der Waals surface area contributed by atoms with Crippen LogP contribution < -0.4 is 0 Å². The van der Waals surface area contributed by atoms with Crippen molar-refractivity contribution in [2.45, 2.75) is 45.6 Å². The molecule has 1 aromatic heterocycles. The molecule has 2 aromatic rings. The first-order valence-corrected chi connectivity index (χ1v) is 8.58. The van der Waals surface area contributed by atoms with Crippen molar-refractivity contribution in [3.8, 4) is 5.69 Å². The molecule has 0 bridgehead atoms. The quantitative estimate of drug-likeness (QED) is 0.927. The van der Waals surface area contributed by atoms with Gasteiger partial charge in [-0.1, -0.05) is 17.7 Å². The molecule has 3 rings (SSSR count). The average Bonchev–Trinajstić information content (AvgIpc) is 3.00. The van der Waals surface area contributed by atoms with Gasteiger partial charge in [0.05, 0.1) is 5.69 Å². The van der Waals surface area contributed by atoms with Crippen molar-refractivity contribution in [3.05, 3.63) is 46.8 Å². The molecule has 132 valence electrons. The minimum Gasteiger partial charge on any atom is -0.480 e. The molecule has 6 nitrogen and oxygen atoms in total. The largest absolute Gasteiger partial charge is 0.480 e. The zero-order chi connectivity index (χ0) is 18.1. The van der Waals surface area contributed by atoms with Crippen LogP contribution in [0.5, 0.6) is 0 Å². The third-order valence-electron chi connectivity index (χ3n) is 4.92. The second-order valence-corrected chi connectivity index (χ2v) is 6.66. The van der Waals surface area contributed by atoms with Gasteiger partial charge in [0.2, 0.25) is 0 Å². The SMILES string of the molecule is Cc1ccc(-n2nc(C(=O)N(C)C(C)C(=O)O)c3c2CCCC3)cc1. The molecule has 1 unspecified atom stereocenters. The maximum Gasteiger partial charge on any atom is 0.326 e. The number of carbonyl (C=O) groups excluding carboxylic acids is 1. The summed E-state index contributed by atoms with van der Waals surface area (Å²) in [4.78, 5) is 25.3. The number of aromatic nitrogens is 2. The van der Waals surface area contributed by atoms with Gasteiger partial charge < -0.3 is 10.0 Å². The Labute approximate surface area is 147 Å². The number of aliphatic carboxylic acids is 1. The first-order valence-electron chi connectivity index (χ1n) is 8.58. The van der Waals surface area contributed by atoms with Gasteiger partial charge in [0.15, 0.2) is 5.69 Å². The molecule has 0 aliphatic heterocycles. The van der Waals surface area contributed by atoms with Crippen LogP contribution in [-0.2, 0) is 17.6 Å². The van der Waals surface area contributed by atoms with Crippen molar-refractivity contribution in [2.24, 2.45) is 0 Å². The van der Waals surface area contributed by atoms with Crippen molar-refractivity contribution in [1.29, 1.82) is 0 Å². The van der Waals surface area contributed by atoms with E-state index in [-0.39, 0.29) is 5.91 Å². The lowest BCUT2D eigenvalue weighted by Gasteiger charge is -2.21. The molecule has 0 fully saturated rings. The fourth-order valence-electron chi connectivity index (χ4n) is 3.18. The molecule has 0 spiro atoms. The van der Waals surface area contributed by atoms with E-state index in [4.69, 9.17) is 0 Å². The molecule has 1 amide bonds. The lowest BCUT2D eigenvalue weighted by molar-refractivity contribution is -0.141. The topological polar surface area (TPSA) is 75.4 Å². The third kappa shape index (κ3) is 3.16. The molecular weight excluding hydrogens is 318 g/mol. The number of carboxylic acid groups (broad SMARTS) is 1. The molecule has 0 saturated carbocycles. The van der Waals surface area contributed by atoms with E-state index in [0.717, 1.165) is 48.2 Å². The van der Waals surface area contributed by atoms with E-state index in [1.54, 1.807) is 0 Å². The summed E-state index contributed by atoms with van der Waals surface area (Å²) in [5.41, 5.74) is 4.50. The highest BCUT2D eigenvalue weighted by molar-refractivity contribution is 5.96. The van der Waals surface area contributed by atoms with Gasteiger partial charge in [-0.2, -0.15) is 5.10 Å². The minimum absolute atomic E-state index is 0.334. The van der Waals surface area contributed by atoms with E-state index in [1.807, 2.05) is 35.9 Å². The number of nitrogens with zero attached hydrogens (tertiary/aromatic N) is 3. The predicted octanol–water partition coefficient (Wildman–Crippen LogP) is 2.60. The number of carbonyl (C=O) groups is 2. The highest BCUT2D eigenvalue weighted by Gasteiger charge is 2.30. The van der Waals surface area contributed by atoms with Gasteiger partial charge in [-0.3, -0.25) is 4.79 Å². The fourth-order valence-corrected chi connectivity index (χ4v) is 3.18. The molecule has 6 heteroatoms. The number of likely N-dealkylation sites (N-methyl/N-ethyl adjacent to an activating group) is 1. The molecule has 1 atom stereocenters. The van der Waals surface area contributed by atoms with Gasteiger partial charge in [0.25, 0.3) is 5.91 Å². The van der Waals surface area contributed by atoms with E-state index in [9.17, 15) is 14.7 Å². The maximum absolute atomic E-state index is 12.8. The number of amides is 1. The number of carboxylic acids is 1. The Morgan fingerprint density at radius 2 is 1.84 bits per heavy atom. The zero-order valence-electron chi connectivity index (χ0n) is 14.8. The number of rotatable bonds is 4. The lowest BCUT2D eigenvalue weighted by atomic mass is 9.95. The number of fused-ring (bicyclic) bond motifs is 1. The second kappa shape index (κ2) is 6.70. The standard InChI is InChI=1S/C19H23N3O3/c1-12-8-10-14(11-9-12)22-16-7-5-4-6-15(16)17(20-22)18(23)21(3)13(2)19(24)25/h8-11,13H,4-7H2,1-3H3,(H,24,25). The third-order valence-corrected chi connectivity index (χ3v) is 4.92. The second-order valence-electron chi connectivity index (χ2n) is 6.66. The van der Waals surface area contributed by atoms with Gasteiger partial charge in [-0.25, -0.2) is 9.48 Å². The van der Waals surface area contributed by atoms with Crippen LogP contribution in [-0.4, -0.2) is 44.8 Å². The van der Waals surface area contributed by atoms with Gasteiger partial charge in [0.1, 0.15) is 6.04 Å². The van der Waals surface area contributed by atoms with Gasteiger partial charge in [-0.05, 0) is 51.7 Å². The molecular formula is C19H23N3O3. The monoisotopic (exact) mass is 341 g/mol. The first-order chi connectivity index (χ1) is 11.9. The Kier molecular flexibility index (Phi) is 4.61. The van der Waals surface area contributed by atoms with Gasteiger partial charge in [-0.15, -0.1) is 0 Å². The summed E-state index contributed by atoms with van der Waals surface area (Å²) in [5, 5.41) is 13.8. The van der Waals surface area contributed by atoms with Crippen LogP contribution >= 0.6 is 0 Å². The van der Waals surface area contributed by atoms with Crippen molar-refractivity contribution in [3.63, 3.8) is 0 Å². The first kappa shape index (κ1) is 17.2. The van der Waals surface area contributed by atoms with Crippen LogP contribution in [0.1, 0.15) is 47.1 Å². The summed E-state index contributed by atoms with van der Waals surface area (Å²) in [6.45, 7) is 3.53. The molecule has 1 aromatic carbocycles. The highest BCUT2D eigenvalue weighted by atomic mass is 16.4. The minimum atomic E-state index is -1.03. The van der Waals surface area contributed by atoms with Crippen molar-refractivity contribution >= 4 is 11.9 Å². The Hall–Kier alpha value is -2.63. The number of benzene rings is 1. The van der Waals surface area contributed by atoms with E-state index in [0.29, 0.717) is 5.69 Å². The van der Waals surface area contributed by atoms with Crippen molar-refractivity contribution in [2.75, 3.05) is 7.05 Å². The average molecular weight is 341 g/mol. The zero-order valence-corrected chi connectivity index (χ0v) is 14.8. The Morgan fingerprint density at radius 3 is 2.48 bits per heavy atom. The van der Waals surface area contributed by atoms with Crippen molar-refractivity contribution < 1.29 is 14.7 Å². The maximum atomic E-state index is 12.8. The predicted molar refractivity (Wildman–Crippen MR) is 94.1 cm³/mol. The molecule has 1 aliphatic carbocycles. The number of aryl methyl sites for hydroxylation is 1. The molecule has 25 heavy (non-hydrogen) atoms. The Balaban J connectivity index is 2.04. The van der Waals surface area contributed by atoms with Gasteiger partial charge >= 0.3 is 5.97 Å². The fraction of sp³-hybridized carbons (Fsp3) is 0.421. The summed E-state index contributed by atoms with van der Waals surface area (Å²) in [6.07, 6.45) is 3.77. The smallest absolute Gasteiger partial charge is 0.326 e. The van der Waals surface area contributed by atoms with E-state index < -0.39 is 12.0 Å². The summed E-state index contributed by atoms with van der Waals surface area (Å²) >= 11 is 0. The van der Waals surface area contributed by atoms with Crippen LogP contribution in [0.4, 0.5) is 0 Å². The van der Waals surface area contributed by atoms with Crippen LogP contribution in [0.2, 0.25) is 0 Å². The summed E-state index contributed by atoms with van der Waals surface area (Å²) in [7, 11) is 1.52. The Morgan fingerprint density at radius 1 is 1.20 bits per heavy atom. The van der Waals surface area contributed by atoms with E-state index in [1.165, 1.54) is 18.9 Å². The summed E-state index contributed by atoms with van der Waals surface area (Å²) in [5.74, 6) is -1.36. The van der Waals surface area contributed by atoms with E-state index >= 15 is 0 Å². The van der Waals surface area contributed by atoms with E-state index in [2.05, 4.69) is 5.10 Å².